The van der Waals surface area contributed by atoms with Crippen LogP contribution in [-0.4, -0.2) is 11.7 Å². The van der Waals surface area contributed by atoms with Gasteiger partial charge < -0.3 is 5.11 Å². The molecule has 3 aliphatic rings. The van der Waals surface area contributed by atoms with Crippen molar-refractivity contribution in [1.82, 2.24) is 0 Å². The maximum absolute atomic E-state index is 8.68. The van der Waals surface area contributed by atoms with Crippen LogP contribution in [0.2, 0.25) is 0 Å². The van der Waals surface area contributed by atoms with Gasteiger partial charge in [0.05, 0.1) is 0 Å². The molecule has 1 nitrogen and oxygen atoms in total. The number of rotatable bonds is 1. The van der Waals surface area contributed by atoms with E-state index in [1.807, 2.05) is 0 Å². The van der Waals surface area contributed by atoms with Gasteiger partial charge in [-0.2, -0.15) is 0 Å². The Balaban J connectivity index is 2.03. The summed E-state index contributed by atoms with van der Waals surface area (Å²) in [5.74, 6) is 1.02. The third-order valence-corrected chi connectivity index (χ3v) is 2.50. The van der Waals surface area contributed by atoms with Gasteiger partial charge >= 0.3 is 0 Å². The highest BCUT2D eigenvalue weighted by Crippen LogP contribution is 2.63. The second-order valence-corrected chi connectivity index (χ2v) is 3.14. The summed E-state index contributed by atoms with van der Waals surface area (Å²) in [4.78, 5) is 0. The summed E-state index contributed by atoms with van der Waals surface area (Å²) in [6, 6.07) is 0. The minimum atomic E-state index is 0.448. The van der Waals surface area contributed by atoms with Crippen LogP contribution < -0.4 is 0 Å². The lowest BCUT2D eigenvalue weighted by molar-refractivity contribution is -0.138. The van der Waals surface area contributed by atoms with Crippen molar-refractivity contribution in [1.29, 1.82) is 0 Å². The van der Waals surface area contributed by atoms with Crippen molar-refractivity contribution >= 4 is 0 Å². The van der Waals surface area contributed by atoms with Crippen LogP contribution in [0.5, 0.6) is 0 Å². The standard InChI is InChI=1S/C6H10O/c7-4-6-1-5(2-6)3-6/h5,7H,1-4H2. The third kappa shape index (κ3) is 0.290. The molecule has 0 atom stereocenters. The van der Waals surface area contributed by atoms with Gasteiger partial charge in [0.15, 0.2) is 0 Å². The van der Waals surface area contributed by atoms with E-state index in [1.54, 1.807) is 0 Å². The van der Waals surface area contributed by atoms with Crippen molar-refractivity contribution in [3.05, 3.63) is 0 Å². The minimum absolute atomic E-state index is 0.448. The highest BCUT2D eigenvalue weighted by atomic mass is 16.3. The van der Waals surface area contributed by atoms with E-state index in [-0.39, 0.29) is 0 Å². The van der Waals surface area contributed by atoms with Gasteiger partial charge in [-0.1, -0.05) is 0 Å². The second kappa shape index (κ2) is 0.873. The molecular formula is C6H10O. The fourth-order valence-electron chi connectivity index (χ4n) is 1.85. The molecule has 0 aliphatic heterocycles. The minimum Gasteiger partial charge on any atom is -0.396 e. The van der Waals surface area contributed by atoms with E-state index in [4.69, 9.17) is 5.11 Å². The van der Waals surface area contributed by atoms with Crippen LogP contribution >= 0.6 is 0 Å². The fraction of sp³-hybridized carbons (Fsp3) is 1.00. The summed E-state index contributed by atoms with van der Waals surface area (Å²) in [5, 5.41) is 8.68. The Morgan fingerprint density at radius 3 is 2.00 bits per heavy atom. The van der Waals surface area contributed by atoms with E-state index in [9.17, 15) is 0 Å². The van der Waals surface area contributed by atoms with Gasteiger partial charge in [-0.05, 0) is 30.6 Å². The largest absolute Gasteiger partial charge is 0.396 e. The lowest BCUT2D eigenvalue weighted by atomic mass is 9.45. The first kappa shape index (κ1) is 3.90. The van der Waals surface area contributed by atoms with Crippen LogP contribution in [-0.2, 0) is 0 Å². The molecule has 3 fully saturated rings. The van der Waals surface area contributed by atoms with Crippen molar-refractivity contribution in [3.63, 3.8) is 0 Å². The first-order chi connectivity index (χ1) is 3.35. The fourth-order valence-corrected chi connectivity index (χ4v) is 1.85. The first-order valence-corrected chi connectivity index (χ1v) is 2.96. The van der Waals surface area contributed by atoms with Gasteiger partial charge in [-0.15, -0.1) is 0 Å². The molecule has 0 saturated heterocycles. The van der Waals surface area contributed by atoms with E-state index >= 15 is 0 Å². The smallest absolute Gasteiger partial charge is 0.0487 e. The summed E-state index contributed by atoms with van der Waals surface area (Å²) in [6.45, 7) is 0.448. The monoisotopic (exact) mass is 98.1 g/mol. The molecule has 0 spiro atoms. The van der Waals surface area contributed by atoms with Gasteiger partial charge in [-0.25, -0.2) is 0 Å². The molecule has 2 bridgehead atoms. The molecule has 0 amide bonds. The van der Waals surface area contributed by atoms with Crippen molar-refractivity contribution in [2.75, 3.05) is 6.61 Å². The first-order valence-electron chi connectivity index (χ1n) is 2.96. The lowest BCUT2D eigenvalue weighted by Gasteiger charge is -2.61. The highest BCUT2D eigenvalue weighted by molar-refractivity contribution is 5.06. The quantitative estimate of drug-likeness (QED) is 0.513. The predicted molar refractivity (Wildman–Crippen MR) is 26.9 cm³/mol. The van der Waals surface area contributed by atoms with E-state index in [2.05, 4.69) is 0 Å². The average Bonchev–Trinajstić information content (AvgIpc) is 1.25. The molecule has 0 unspecified atom stereocenters. The molecule has 0 aromatic heterocycles. The van der Waals surface area contributed by atoms with Crippen LogP contribution in [0, 0.1) is 11.3 Å². The Morgan fingerprint density at radius 2 is 2.00 bits per heavy atom. The Morgan fingerprint density at radius 1 is 1.43 bits per heavy atom. The SMILES string of the molecule is OCC12CC(C1)C2. The molecule has 0 heterocycles. The van der Waals surface area contributed by atoms with Gasteiger partial charge in [0.25, 0.3) is 0 Å². The number of aliphatic hydroxyl groups is 1. The van der Waals surface area contributed by atoms with Crippen molar-refractivity contribution in [3.8, 4) is 0 Å². The Labute approximate surface area is 43.3 Å². The summed E-state index contributed by atoms with van der Waals surface area (Å²) in [5.41, 5.74) is 0.463. The molecule has 3 rings (SSSR count). The van der Waals surface area contributed by atoms with Gasteiger partial charge in [-0.3, -0.25) is 0 Å². The summed E-state index contributed by atoms with van der Waals surface area (Å²) >= 11 is 0. The normalized spacial score (nSPS) is 55.3. The zero-order valence-electron chi connectivity index (χ0n) is 4.35. The number of hydrogen-bond donors (Lipinski definition) is 1. The molecular weight excluding hydrogens is 88.1 g/mol. The third-order valence-electron chi connectivity index (χ3n) is 2.50. The van der Waals surface area contributed by atoms with Crippen LogP contribution in [0.25, 0.3) is 0 Å². The average molecular weight is 98.1 g/mol. The molecule has 0 radical (unpaired) electrons. The van der Waals surface area contributed by atoms with Crippen LogP contribution in [0.4, 0.5) is 0 Å². The zero-order valence-corrected chi connectivity index (χ0v) is 4.35. The second-order valence-electron chi connectivity index (χ2n) is 3.14. The van der Waals surface area contributed by atoms with Crippen molar-refractivity contribution in [2.45, 2.75) is 19.3 Å². The molecule has 0 aromatic rings. The van der Waals surface area contributed by atoms with Gasteiger partial charge in [0.2, 0.25) is 0 Å². The maximum Gasteiger partial charge on any atom is 0.0487 e. The molecule has 3 aliphatic carbocycles. The molecule has 7 heavy (non-hydrogen) atoms. The van der Waals surface area contributed by atoms with Crippen molar-refractivity contribution in [2.24, 2.45) is 11.3 Å². The molecule has 1 heteroatoms. The topological polar surface area (TPSA) is 20.2 Å². The van der Waals surface area contributed by atoms with Crippen LogP contribution in [0.1, 0.15) is 19.3 Å². The predicted octanol–water partition coefficient (Wildman–Crippen LogP) is 0.779. The molecule has 3 saturated carbocycles. The van der Waals surface area contributed by atoms with E-state index in [0.29, 0.717) is 12.0 Å². The van der Waals surface area contributed by atoms with Crippen molar-refractivity contribution < 1.29 is 5.11 Å². The highest BCUT2D eigenvalue weighted by Gasteiger charge is 2.55. The molecule has 0 aromatic carbocycles. The summed E-state index contributed by atoms with van der Waals surface area (Å²) in [6.07, 6.45) is 3.97. The molecule has 40 valence electrons. The van der Waals surface area contributed by atoms with E-state index in [0.717, 1.165) is 5.92 Å². The summed E-state index contributed by atoms with van der Waals surface area (Å²) < 4.78 is 0. The summed E-state index contributed by atoms with van der Waals surface area (Å²) in [7, 11) is 0. The maximum atomic E-state index is 8.68. The zero-order chi connectivity index (χ0) is 4.91. The van der Waals surface area contributed by atoms with Gasteiger partial charge in [0, 0.05) is 6.61 Å². The lowest BCUT2D eigenvalue weighted by Crippen LogP contribution is -2.53. The Bertz CT molecular complexity index is 75.3. The van der Waals surface area contributed by atoms with Crippen LogP contribution in [0.15, 0.2) is 0 Å². The molecule has 1 N–H and O–H groups in total. The van der Waals surface area contributed by atoms with E-state index < -0.39 is 0 Å². The van der Waals surface area contributed by atoms with E-state index in [1.165, 1.54) is 19.3 Å². The Hall–Kier alpha value is -0.0400. The van der Waals surface area contributed by atoms with Crippen LogP contribution in [0.3, 0.4) is 0 Å². The Kier molecular flexibility index (Phi) is 0.487. The van der Waals surface area contributed by atoms with Gasteiger partial charge in [0.1, 0.15) is 0 Å². The number of hydrogen-bond acceptors (Lipinski definition) is 1. The number of aliphatic hydroxyl groups excluding tert-OH is 1.